The molecule has 0 aromatic heterocycles. The van der Waals surface area contributed by atoms with E-state index in [0.29, 0.717) is 41.8 Å². The van der Waals surface area contributed by atoms with E-state index in [0.717, 1.165) is 4.90 Å². The molecule has 0 radical (unpaired) electrons. The summed E-state index contributed by atoms with van der Waals surface area (Å²) in [5.74, 6) is 0.251. The maximum absolute atomic E-state index is 13.2. The van der Waals surface area contributed by atoms with Crippen molar-refractivity contribution in [2.75, 3.05) is 31.9 Å². The summed E-state index contributed by atoms with van der Waals surface area (Å²) in [7, 11) is 0. The number of amides is 4. The maximum atomic E-state index is 13.2. The molecule has 3 aliphatic heterocycles. The smallest absolute Gasteiger partial charge is 0.325 e. The average Bonchev–Trinajstić information content (AvgIpc) is 3.36. The highest BCUT2D eigenvalue weighted by molar-refractivity contribution is 6.11. The van der Waals surface area contributed by atoms with E-state index in [-0.39, 0.29) is 23.8 Å². The highest BCUT2D eigenvalue weighted by atomic mass is 16.7. The van der Waals surface area contributed by atoms with E-state index in [9.17, 15) is 19.2 Å². The highest BCUT2D eigenvalue weighted by Crippen LogP contribution is 2.38. The molecule has 0 spiro atoms. The summed E-state index contributed by atoms with van der Waals surface area (Å²) >= 11 is 0. The predicted octanol–water partition coefficient (Wildman–Crippen LogP) is 1.79. The van der Waals surface area contributed by atoms with E-state index < -0.39 is 29.9 Å². The Morgan fingerprint density at radius 3 is 2.41 bits per heavy atom. The van der Waals surface area contributed by atoms with Crippen molar-refractivity contribution in [1.29, 1.82) is 0 Å². The Morgan fingerprint density at radius 1 is 1.00 bits per heavy atom. The lowest BCUT2D eigenvalue weighted by atomic mass is 9.91. The van der Waals surface area contributed by atoms with Crippen molar-refractivity contribution in [1.82, 2.24) is 10.2 Å². The number of benzene rings is 2. The summed E-state index contributed by atoms with van der Waals surface area (Å²) in [5.41, 5.74) is -0.483. The molecule has 0 bridgehead atoms. The van der Waals surface area contributed by atoms with Gasteiger partial charge >= 0.3 is 6.03 Å². The second-order valence-corrected chi connectivity index (χ2v) is 8.16. The summed E-state index contributed by atoms with van der Waals surface area (Å²) in [5, 5.41) is 5.25. The number of hydrogen-bond acceptors (Lipinski definition) is 8. The number of ether oxygens (including phenoxy) is 4. The Kier molecular flexibility index (Phi) is 5.03. The first-order valence-corrected chi connectivity index (χ1v) is 10.5. The first kappa shape index (κ1) is 21.6. The molecule has 1 fully saturated rings. The highest BCUT2D eigenvalue weighted by Gasteiger charge is 2.50. The van der Waals surface area contributed by atoms with Gasteiger partial charge in [0.25, 0.3) is 5.91 Å². The summed E-state index contributed by atoms with van der Waals surface area (Å²) in [4.78, 5) is 51.5. The molecule has 4 amide bonds. The average molecular weight is 467 g/mol. The SMILES string of the molecule is CC(=O)c1cc2c(cc1NC(=O)CN1C(=O)N[C@](C)(c3ccc4c(c3)OCCO4)C1=O)OCO2. The van der Waals surface area contributed by atoms with Crippen LogP contribution in [0.25, 0.3) is 0 Å². The third-order valence-corrected chi connectivity index (χ3v) is 5.86. The van der Waals surface area contributed by atoms with Gasteiger partial charge in [-0.25, -0.2) is 4.79 Å². The van der Waals surface area contributed by atoms with Crippen LogP contribution in [0.2, 0.25) is 0 Å². The van der Waals surface area contributed by atoms with Gasteiger partial charge in [-0.2, -0.15) is 0 Å². The third kappa shape index (κ3) is 3.54. The molecule has 5 rings (SSSR count). The van der Waals surface area contributed by atoms with Crippen LogP contribution in [0.4, 0.5) is 10.5 Å². The van der Waals surface area contributed by atoms with Crippen LogP contribution < -0.4 is 29.6 Å². The molecular formula is C23H21N3O8. The lowest BCUT2D eigenvalue weighted by molar-refractivity contribution is -0.133. The fourth-order valence-corrected chi connectivity index (χ4v) is 4.06. The monoisotopic (exact) mass is 467 g/mol. The minimum atomic E-state index is -1.39. The van der Waals surface area contributed by atoms with E-state index in [1.54, 1.807) is 25.1 Å². The van der Waals surface area contributed by atoms with Gasteiger partial charge in [-0.1, -0.05) is 6.07 Å². The molecule has 2 N–H and O–H groups in total. The lowest BCUT2D eigenvalue weighted by Gasteiger charge is -2.25. The van der Waals surface area contributed by atoms with Crippen LogP contribution in [0.1, 0.15) is 29.8 Å². The minimum absolute atomic E-state index is 0.00493. The van der Waals surface area contributed by atoms with Crippen LogP contribution in [-0.4, -0.2) is 55.1 Å². The standard InChI is InChI=1S/C23H21N3O8/c1-12(27)14-8-18-19(34-11-33-18)9-15(14)24-20(28)10-26-21(29)23(2,25-22(26)30)13-3-4-16-17(7-13)32-6-5-31-16/h3-4,7-9H,5-6,10-11H2,1-2H3,(H,24,28)(H,25,30)/t23-/m1/s1. The van der Waals surface area contributed by atoms with Crippen LogP contribution in [0.5, 0.6) is 23.0 Å². The molecule has 1 saturated heterocycles. The zero-order valence-electron chi connectivity index (χ0n) is 18.4. The van der Waals surface area contributed by atoms with Gasteiger partial charge in [0.2, 0.25) is 12.7 Å². The van der Waals surface area contributed by atoms with E-state index >= 15 is 0 Å². The van der Waals surface area contributed by atoms with Gasteiger partial charge in [-0.05, 0) is 37.6 Å². The molecule has 2 aromatic carbocycles. The summed E-state index contributed by atoms with van der Waals surface area (Å²) in [6.45, 7) is 3.17. The number of imide groups is 1. The first-order chi connectivity index (χ1) is 16.3. The van der Waals surface area contributed by atoms with Crippen molar-refractivity contribution in [2.24, 2.45) is 0 Å². The van der Waals surface area contributed by atoms with Crippen molar-refractivity contribution in [2.45, 2.75) is 19.4 Å². The van der Waals surface area contributed by atoms with Crippen LogP contribution in [0.15, 0.2) is 30.3 Å². The predicted molar refractivity (Wildman–Crippen MR) is 116 cm³/mol. The van der Waals surface area contributed by atoms with Crippen molar-refractivity contribution in [3.8, 4) is 23.0 Å². The Hall–Kier alpha value is -4.28. The number of rotatable bonds is 5. The van der Waals surface area contributed by atoms with Gasteiger partial charge in [0.1, 0.15) is 25.3 Å². The van der Waals surface area contributed by atoms with E-state index in [1.165, 1.54) is 19.1 Å². The number of urea groups is 1. The largest absolute Gasteiger partial charge is 0.486 e. The molecule has 176 valence electrons. The molecule has 11 heteroatoms. The van der Waals surface area contributed by atoms with Gasteiger partial charge in [0.15, 0.2) is 28.8 Å². The number of nitrogens with zero attached hydrogens (tertiary/aromatic N) is 1. The zero-order chi connectivity index (χ0) is 24.0. The number of ketones is 1. The first-order valence-electron chi connectivity index (χ1n) is 10.5. The Labute approximate surface area is 193 Å². The van der Waals surface area contributed by atoms with Crippen molar-refractivity contribution in [3.63, 3.8) is 0 Å². The Balaban J connectivity index is 1.35. The molecule has 2 aromatic rings. The van der Waals surface area contributed by atoms with Crippen LogP contribution in [0, 0.1) is 0 Å². The van der Waals surface area contributed by atoms with E-state index in [2.05, 4.69) is 10.6 Å². The number of hydrogen-bond donors (Lipinski definition) is 2. The quantitative estimate of drug-likeness (QED) is 0.503. The number of Topliss-reactive ketones (excluding diaryl/α,β-unsaturated/α-hetero) is 1. The maximum Gasteiger partial charge on any atom is 0.325 e. The molecule has 0 aliphatic carbocycles. The molecule has 34 heavy (non-hydrogen) atoms. The topological polar surface area (TPSA) is 133 Å². The fourth-order valence-electron chi connectivity index (χ4n) is 4.06. The van der Waals surface area contributed by atoms with Gasteiger partial charge in [0.05, 0.1) is 5.69 Å². The molecule has 0 saturated carbocycles. The van der Waals surface area contributed by atoms with Crippen molar-refractivity contribution in [3.05, 3.63) is 41.5 Å². The molecule has 3 aliphatic rings. The number of nitrogens with one attached hydrogen (secondary N) is 2. The molecule has 11 nitrogen and oxygen atoms in total. The minimum Gasteiger partial charge on any atom is -0.486 e. The third-order valence-electron chi connectivity index (χ3n) is 5.86. The summed E-state index contributed by atoms with van der Waals surface area (Å²) in [6.07, 6.45) is 0. The van der Waals surface area contributed by atoms with E-state index in [1.807, 2.05) is 0 Å². The van der Waals surface area contributed by atoms with Gasteiger partial charge in [-0.3, -0.25) is 19.3 Å². The second-order valence-electron chi connectivity index (χ2n) is 8.16. The molecule has 0 unspecified atom stereocenters. The van der Waals surface area contributed by atoms with E-state index in [4.69, 9.17) is 18.9 Å². The normalized spacial score (nSPS) is 20.2. The van der Waals surface area contributed by atoms with Gasteiger partial charge in [0, 0.05) is 11.6 Å². The van der Waals surface area contributed by atoms with Crippen LogP contribution in [0.3, 0.4) is 0 Å². The fraction of sp³-hybridized carbons (Fsp3) is 0.304. The number of anilines is 1. The van der Waals surface area contributed by atoms with Crippen LogP contribution >= 0.6 is 0 Å². The molecule has 3 heterocycles. The van der Waals surface area contributed by atoms with Crippen molar-refractivity contribution >= 4 is 29.3 Å². The van der Waals surface area contributed by atoms with Gasteiger partial charge in [-0.15, -0.1) is 0 Å². The zero-order valence-corrected chi connectivity index (χ0v) is 18.4. The number of carbonyl (C=O) groups excluding carboxylic acids is 4. The van der Waals surface area contributed by atoms with Crippen LogP contribution in [-0.2, 0) is 15.1 Å². The summed E-state index contributed by atoms with van der Waals surface area (Å²) in [6, 6.07) is 7.22. The Bertz CT molecular complexity index is 1240. The number of fused-ring (bicyclic) bond motifs is 2. The molecular weight excluding hydrogens is 446 g/mol. The molecule has 1 atom stereocenters. The lowest BCUT2D eigenvalue weighted by Crippen LogP contribution is -2.42. The summed E-state index contributed by atoms with van der Waals surface area (Å²) < 4.78 is 21.7. The van der Waals surface area contributed by atoms with Gasteiger partial charge < -0.3 is 29.6 Å². The Morgan fingerprint density at radius 2 is 1.68 bits per heavy atom. The van der Waals surface area contributed by atoms with Crippen molar-refractivity contribution < 1.29 is 38.1 Å². The number of carbonyl (C=O) groups is 4. The second kappa shape index (κ2) is 7.94.